The Morgan fingerprint density at radius 3 is 1.32 bits per heavy atom. The average molecular weight is 283 g/mol. The Hall–Kier alpha value is -1.56. The summed E-state index contributed by atoms with van der Waals surface area (Å²) in [6.45, 7) is 3.83. The maximum absolute atomic E-state index is 5.77. The van der Waals surface area contributed by atoms with Crippen LogP contribution in [0.5, 0.6) is 28.7 Å². The van der Waals surface area contributed by atoms with Crippen LogP contribution >= 0.6 is 0 Å². The molecule has 105 valence electrons. The highest BCUT2D eigenvalue weighted by Gasteiger charge is 2.27. The smallest absolute Gasteiger partial charge is 0.211 e. The van der Waals surface area contributed by atoms with E-state index in [1.54, 1.807) is 28.4 Å². The van der Waals surface area contributed by atoms with E-state index >= 15 is 0 Å². The lowest BCUT2D eigenvalue weighted by atomic mass is 10.2. The zero-order chi connectivity index (χ0) is 14.6. The Balaban J connectivity index is 3.63. The normalized spacial score (nSPS) is 10.3. The molecule has 0 fully saturated rings. The molecule has 1 aromatic carbocycles. The molecule has 0 saturated heterocycles. The van der Waals surface area contributed by atoms with Crippen molar-refractivity contribution in [2.45, 2.75) is 20.0 Å². The SMILES string of the molecule is COc1c([Si])c(OC)c(OC)c(OC(C)C)c1OC. The van der Waals surface area contributed by atoms with Crippen molar-refractivity contribution in [1.82, 2.24) is 0 Å². The minimum atomic E-state index is -0.0437. The number of benzene rings is 1. The van der Waals surface area contributed by atoms with Gasteiger partial charge in [0.25, 0.3) is 0 Å². The number of methoxy groups -OCH3 is 4. The molecule has 19 heavy (non-hydrogen) atoms. The van der Waals surface area contributed by atoms with Crippen LogP contribution in [0.25, 0.3) is 0 Å². The van der Waals surface area contributed by atoms with Crippen LogP contribution in [0.15, 0.2) is 0 Å². The molecule has 0 bridgehead atoms. The third kappa shape index (κ3) is 2.89. The van der Waals surface area contributed by atoms with E-state index in [-0.39, 0.29) is 6.10 Å². The van der Waals surface area contributed by atoms with Crippen molar-refractivity contribution in [2.75, 3.05) is 28.4 Å². The zero-order valence-corrected chi connectivity index (χ0v) is 13.1. The van der Waals surface area contributed by atoms with Gasteiger partial charge in [0.05, 0.1) is 44.8 Å². The third-order valence-corrected chi connectivity index (χ3v) is 2.90. The van der Waals surface area contributed by atoms with E-state index in [0.717, 1.165) is 0 Å². The van der Waals surface area contributed by atoms with Crippen LogP contribution < -0.4 is 28.9 Å². The lowest BCUT2D eigenvalue weighted by molar-refractivity contribution is 0.211. The molecule has 0 aliphatic carbocycles. The molecule has 1 rings (SSSR count). The van der Waals surface area contributed by atoms with Gasteiger partial charge in [0, 0.05) is 5.19 Å². The molecule has 0 spiro atoms. The topological polar surface area (TPSA) is 46.2 Å². The molecule has 0 amide bonds. The van der Waals surface area contributed by atoms with Gasteiger partial charge in [0.2, 0.25) is 17.2 Å². The second kappa shape index (κ2) is 6.56. The van der Waals surface area contributed by atoms with Crippen molar-refractivity contribution in [2.24, 2.45) is 0 Å². The molecule has 0 aromatic heterocycles. The van der Waals surface area contributed by atoms with E-state index < -0.39 is 0 Å². The first-order valence-electron chi connectivity index (χ1n) is 5.79. The number of hydrogen-bond donors (Lipinski definition) is 0. The Morgan fingerprint density at radius 1 is 0.684 bits per heavy atom. The van der Waals surface area contributed by atoms with Crippen LogP contribution in [0, 0.1) is 0 Å². The van der Waals surface area contributed by atoms with Crippen molar-refractivity contribution >= 4 is 15.4 Å². The quantitative estimate of drug-likeness (QED) is 0.737. The summed E-state index contributed by atoms with van der Waals surface area (Å²) in [6, 6.07) is 0. The van der Waals surface area contributed by atoms with Gasteiger partial charge in [0.15, 0.2) is 11.5 Å². The van der Waals surface area contributed by atoms with Gasteiger partial charge in [-0.25, -0.2) is 0 Å². The molecular weight excluding hydrogens is 264 g/mol. The lowest BCUT2D eigenvalue weighted by Crippen LogP contribution is -2.17. The predicted molar refractivity (Wildman–Crippen MR) is 73.8 cm³/mol. The van der Waals surface area contributed by atoms with E-state index in [0.29, 0.717) is 33.9 Å². The third-order valence-electron chi connectivity index (χ3n) is 2.45. The van der Waals surface area contributed by atoms with Gasteiger partial charge in [-0.1, -0.05) is 0 Å². The standard InChI is InChI=1S/C13H19O5Si/c1-7(2)18-10-8(14-3)11(16-5)13(19)12(17-6)9(10)15-4/h7H,1-6H3. The number of hydrogen-bond acceptors (Lipinski definition) is 5. The van der Waals surface area contributed by atoms with Gasteiger partial charge in [-0.05, 0) is 13.8 Å². The molecule has 1 aromatic rings. The molecule has 0 atom stereocenters. The van der Waals surface area contributed by atoms with Crippen molar-refractivity contribution in [3.8, 4) is 28.7 Å². The molecule has 0 unspecified atom stereocenters. The van der Waals surface area contributed by atoms with Crippen molar-refractivity contribution in [1.29, 1.82) is 0 Å². The summed E-state index contributed by atoms with van der Waals surface area (Å²) >= 11 is 0. The van der Waals surface area contributed by atoms with Crippen LogP contribution in [-0.4, -0.2) is 44.8 Å². The summed E-state index contributed by atoms with van der Waals surface area (Å²) < 4.78 is 27.2. The highest BCUT2D eigenvalue weighted by molar-refractivity contribution is 6.37. The molecule has 0 aliphatic rings. The first-order chi connectivity index (χ1) is 9.01. The summed E-state index contributed by atoms with van der Waals surface area (Å²) in [5, 5.41) is 0.606. The number of rotatable bonds is 6. The Bertz CT molecular complexity index is 412. The van der Waals surface area contributed by atoms with Crippen LogP contribution in [-0.2, 0) is 0 Å². The van der Waals surface area contributed by atoms with E-state index in [1.807, 2.05) is 13.8 Å². The summed E-state index contributed by atoms with van der Waals surface area (Å²) in [5.74, 6) is 2.35. The van der Waals surface area contributed by atoms with Crippen LogP contribution in [0.3, 0.4) is 0 Å². The van der Waals surface area contributed by atoms with Crippen LogP contribution in [0.4, 0.5) is 0 Å². The minimum absolute atomic E-state index is 0.0437. The predicted octanol–water partition coefficient (Wildman–Crippen LogP) is 1.30. The Kier molecular flexibility index (Phi) is 5.35. The van der Waals surface area contributed by atoms with Crippen molar-refractivity contribution in [3.05, 3.63) is 0 Å². The van der Waals surface area contributed by atoms with E-state index in [1.165, 1.54) is 0 Å². The summed E-state index contributed by atoms with van der Waals surface area (Å²) in [6.07, 6.45) is -0.0437. The molecule has 5 nitrogen and oxygen atoms in total. The molecule has 6 heteroatoms. The second-order valence-corrected chi connectivity index (χ2v) is 4.50. The second-order valence-electron chi connectivity index (χ2n) is 4.00. The monoisotopic (exact) mass is 283 g/mol. The largest absolute Gasteiger partial charge is 0.493 e. The Morgan fingerprint density at radius 2 is 1.05 bits per heavy atom. The number of ether oxygens (including phenoxy) is 5. The summed E-state index contributed by atoms with van der Waals surface area (Å²) in [5.41, 5.74) is 0. The van der Waals surface area contributed by atoms with Gasteiger partial charge >= 0.3 is 0 Å². The molecule has 3 radical (unpaired) electrons. The van der Waals surface area contributed by atoms with E-state index in [4.69, 9.17) is 23.7 Å². The first kappa shape index (κ1) is 15.5. The van der Waals surface area contributed by atoms with Crippen molar-refractivity contribution < 1.29 is 23.7 Å². The van der Waals surface area contributed by atoms with Crippen LogP contribution in [0.1, 0.15) is 13.8 Å². The Labute approximate surface area is 117 Å². The van der Waals surface area contributed by atoms with Gasteiger partial charge in [-0.2, -0.15) is 0 Å². The first-order valence-corrected chi connectivity index (χ1v) is 6.29. The summed E-state index contributed by atoms with van der Waals surface area (Å²) in [4.78, 5) is 0. The minimum Gasteiger partial charge on any atom is -0.493 e. The molecule has 0 N–H and O–H groups in total. The summed E-state index contributed by atoms with van der Waals surface area (Å²) in [7, 11) is 9.66. The zero-order valence-electron chi connectivity index (χ0n) is 12.1. The van der Waals surface area contributed by atoms with Crippen molar-refractivity contribution in [3.63, 3.8) is 0 Å². The average Bonchev–Trinajstić information content (AvgIpc) is 2.38. The highest BCUT2D eigenvalue weighted by atomic mass is 28.1. The maximum Gasteiger partial charge on any atom is 0.211 e. The van der Waals surface area contributed by atoms with Gasteiger partial charge in [-0.3, -0.25) is 0 Å². The molecule has 0 heterocycles. The molecule has 0 aliphatic heterocycles. The fourth-order valence-corrected chi connectivity index (χ4v) is 2.17. The molecular formula is C13H19O5Si. The van der Waals surface area contributed by atoms with E-state index in [2.05, 4.69) is 10.2 Å². The fourth-order valence-electron chi connectivity index (χ4n) is 1.74. The van der Waals surface area contributed by atoms with Crippen LogP contribution in [0.2, 0.25) is 0 Å². The lowest BCUT2D eigenvalue weighted by Gasteiger charge is -2.22. The highest BCUT2D eigenvalue weighted by Crippen LogP contribution is 2.48. The van der Waals surface area contributed by atoms with Gasteiger partial charge in [-0.15, -0.1) is 0 Å². The van der Waals surface area contributed by atoms with Gasteiger partial charge < -0.3 is 23.7 Å². The van der Waals surface area contributed by atoms with E-state index in [9.17, 15) is 0 Å². The molecule has 0 saturated carbocycles. The van der Waals surface area contributed by atoms with Gasteiger partial charge in [0.1, 0.15) is 0 Å². The maximum atomic E-state index is 5.77. The fraction of sp³-hybridized carbons (Fsp3) is 0.538.